The SMILES string of the molecule is N#C/C(=C\c1cccc(OCC(=O)Nc2ccc(Cl)c(Cl)c2)c1)c1nc2ccccc2o1. The van der Waals surface area contributed by atoms with E-state index in [1.165, 1.54) is 0 Å². The number of hydrogen-bond donors (Lipinski definition) is 1. The zero-order valence-corrected chi connectivity index (χ0v) is 18.0. The van der Waals surface area contributed by atoms with E-state index in [1.807, 2.05) is 24.3 Å². The number of hydrogen-bond acceptors (Lipinski definition) is 5. The molecule has 1 heterocycles. The van der Waals surface area contributed by atoms with E-state index in [0.717, 1.165) is 0 Å². The minimum Gasteiger partial charge on any atom is -0.484 e. The van der Waals surface area contributed by atoms with Gasteiger partial charge in [-0.25, -0.2) is 4.98 Å². The number of benzene rings is 3. The van der Waals surface area contributed by atoms with Crippen molar-refractivity contribution < 1.29 is 13.9 Å². The molecule has 0 radical (unpaired) electrons. The van der Waals surface area contributed by atoms with Gasteiger partial charge in [-0.15, -0.1) is 0 Å². The Morgan fingerprint density at radius 1 is 1.09 bits per heavy atom. The summed E-state index contributed by atoms with van der Waals surface area (Å²) in [6, 6.07) is 21.2. The van der Waals surface area contributed by atoms with E-state index in [1.54, 1.807) is 48.5 Å². The Morgan fingerprint density at radius 2 is 1.94 bits per heavy atom. The summed E-state index contributed by atoms with van der Waals surface area (Å²) in [5.41, 5.74) is 2.77. The molecule has 158 valence electrons. The van der Waals surface area contributed by atoms with Crippen molar-refractivity contribution in [2.45, 2.75) is 0 Å². The number of ether oxygens (including phenoxy) is 1. The highest BCUT2D eigenvalue weighted by atomic mass is 35.5. The van der Waals surface area contributed by atoms with Crippen molar-refractivity contribution in [1.29, 1.82) is 5.26 Å². The molecule has 3 aromatic carbocycles. The summed E-state index contributed by atoms with van der Waals surface area (Å²) in [5, 5.41) is 13.0. The maximum Gasteiger partial charge on any atom is 0.262 e. The molecule has 1 amide bonds. The third-order valence-corrected chi connectivity index (χ3v) is 5.13. The number of oxazole rings is 1. The molecule has 32 heavy (non-hydrogen) atoms. The van der Waals surface area contributed by atoms with E-state index >= 15 is 0 Å². The van der Waals surface area contributed by atoms with Gasteiger partial charge in [0.25, 0.3) is 5.91 Å². The van der Waals surface area contributed by atoms with Crippen LogP contribution in [0.2, 0.25) is 10.0 Å². The van der Waals surface area contributed by atoms with Crippen LogP contribution in [0.15, 0.2) is 71.1 Å². The highest BCUT2D eigenvalue weighted by Crippen LogP contribution is 2.26. The standard InChI is InChI=1S/C24H15Cl2N3O3/c25-19-9-8-17(12-20(19)26)28-23(30)14-31-18-5-3-4-15(11-18)10-16(13-27)24-29-21-6-1-2-7-22(21)32-24/h1-12H,14H2,(H,28,30)/b16-10+. The van der Waals surface area contributed by atoms with Crippen LogP contribution in [0.3, 0.4) is 0 Å². The molecule has 0 fully saturated rings. The van der Waals surface area contributed by atoms with E-state index in [9.17, 15) is 10.1 Å². The molecule has 0 saturated heterocycles. The molecule has 6 nitrogen and oxygen atoms in total. The third kappa shape index (κ3) is 5.09. The summed E-state index contributed by atoms with van der Waals surface area (Å²) in [6.45, 7) is -0.205. The molecule has 8 heteroatoms. The van der Waals surface area contributed by atoms with Gasteiger partial charge in [-0.2, -0.15) is 5.26 Å². The summed E-state index contributed by atoms with van der Waals surface area (Å²) >= 11 is 11.8. The molecule has 4 aromatic rings. The van der Waals surface area contributed by atoms with Gasteiger partial charge in [0.05, 0.1) is 10.0 Å². The van der Waals surface area contributed by atoms with Crippen LogP contribution in [0.25, 0.3) is 22.7 Å². The van der Waals surface area contributed by atoms with Crippen molar-refractivity contribution in [1.82, 2.24) is 4.98 Å². The predicted octanol–water partition coefficient (Wildman–Crippen LogP) is 6.22. The summed E-state index contributed by atoms with van der Waals surface area (Å²) in [4.78, 5) is 16.5. The topological polar surface area (TPSA) is 88.1 Å². The van der Waals surface area contributed by atoms with Crippen LogP contribution in [0.1, 0.15) is 11.5 Å². The van der Waals surface area contributed by atoms with Gasteiger partial charge in [0.15, 0.2) is 12.2 Å². The molecule has 1 N–H and O–H groups in total. The normalized spacial score (nSPS) is 11.2. The molecule has 4 rings (SSSR count). The van der Waals surface area contributed by atoms with E-state index in [4.69, 9.17) is 32.4 Å². The Balaban J connectivity index is 1.45. The molecule has 1 aromatic heterocycles. The first-order chi connectivity index (χ1) is 15.5. The number of nitrogens with one attached hydrogen (secondary N) is 1. The summed E-state index contributed by atoms with van der Waals surface area (Å²) in [7, 11) is 0. The third-order valence-electron chi connectivity index (χ3n) is 4.39. The van der Waals surface area contributed by atoms with Crippen molar-refractivity contribution >= 4 is 57.5 Å². The number of aromatic nitrogens is 1. The monoisotopic (exact) mass is 463 g/mol. The van der Waals surface area contributed by atoms with Crippen molar-refractivity contribution in [2.24, 2.45) is 0 Å². The van der Waals surface area contributed by atoms with Gasteiger partial charge < -0.3 is 14.5 Å². The number of allylic oxidation sites excluding steroid dienone is 1. The van der Waals surface area contributed by atoms with Crippen LogP contribution < -0.4 is 10.1 Å². The second-order valence-corrected chi connectivity index (χ2v) is 7.51. The number of fused-ring (bicyclic) bond motifs is 1. The van der Waals surface area contributed by atoms with Crippen molar-refractivity contribution in [2.75, 3.05) is 11.9 Å². The molecule has 0 aliphatic carbocycles. The van der Waals surface area contributed by atoms with Crippen molar-refractivity contribution in [3.05, 3.63) is 88.2 Å². The van der Waals surface area contributed by atoms with Gasteiger partial charge in [-0.3, -0.25) is 4.79 Å². The molecule has 0 unspecified atom stereocenters. The summed E-state index contributed by atoms with van der Waals surface area (Å²) in [6.07, 6.45) is 1.65. The summed E-state index contributed by atoms with van der Waals surface area (Å²) < 4.78 is 11.3. The molecule has 0 atom stereocenters. The molecular formula is C24H15Cl2N3O3. The van der Waals surface area contributed by atoms with Gasteiger partial charge in [0, 0.05) is 5.69 Å². The lowest BCUT2D eigenvalue weighted by Gasteiger charge is -2.09. The maximum atomic E-state index is 12.2. The molecule has 0 spiro atoms. The Hall–Kier alpha value is -3.79. The van der Waals surface area contributed by atoms with Gasteiger partial charge in [-0.1, -0.05) is 47.5 Å². The lowest BCUT2D eigenvalue weighted by molar-refractivity contribution is -0.118. The molecule has 0 aliphatic rings. The second kappa shape index (κ2) is 9.56. The van der Waals surface area contributed by atoms with Crippen LogP contribution >= 0.6 is 23.2 Å². The fourth-order valence-corrected chi connectivity index (χ4v) is 3.21. The highest BCUT2D eigenvalue weighted by molar-refractivity contribution is 6.42. The molecule has 0 saturated carbocycles. The smallest absolute Gasteiger partial charge is 0.262 e. The second-order valence-electron chi connectivity index (χ2n) is 6.69. The summed E-state index contributed by atoms with van der Waals surface area (Å²) in [5.74, 6) is 0.354. The quantitative estimate of drug-likeness (QED) is 0.343. The number of halogens is 2. The highest BCUT2D eigenvalue weighted by Gasteiger charge is 2.11. The Labute approximate surface area is 193 Å². The van der Waals surface area contributed by atoms with E-state index in [0.29, 0.717) is 38.1 Å². The Morgan fingerprint density at radius 3 is 2.72 bits per heavy atom. The average Bonchev–Trinajstić information content (AvgIpc) is 3.23. The fourth-order valence-electron chi connectivity index (χ4n) is 2.91. The first-order valence-corrected chi connectivity index (χ1v) is 10.2. The lowest BCUT2D eigenvalue weighted by Crippen LogP contribution is -2.20. The molecule has 0 aliphatic heterocycles. The lowest BCUT2D eigenvalue weighted by atomic mass is 10.1. The number of nitriles is 1. The number of nitrogens with zero attached hydrogens (tertiary/aromatic N) is 2. The zero-order chi connectivity index (χ0) is 22.5. The average molecular weight is 464 g/mol. The minimum absolute atomic E-state index is 0.205. The fraction of sp³-hybridized carbons (Fsp3) is 0.0417. The van der Waals surface area contributed by atoms with Crippen LogP contribution in [-0.2, 0) is 4.79 Å². The molecule has 0 bridgehead atoms. The minimum atomic E-state index is -0.353. The number of para-hydroxylation sites is 2. The van der Waals surface area contributed by atoms with Crippen molar-refractivity contribution in [3.8, 4) is 11.8 Å². The number of rotatable bonds is 6. The van der Waals surface area contributed by atoms with E-state index < -0.39 is 0 Å². The molecular weight excluding hydrogens is 449 g/mol. The van der Waals surface area contributed by atoms with Crippen LogP contribution in [0, 0.1) is 11.3 Å². The zero-order valence-electron chi connectivity index (χ0n) is 16.5. The number of carbonyl (C=O) groups is 1. The first-order valence-electron chi connectivity index (χ1n) is 9.47. The number of anilines is 1. The van der Waals surface area contributed by atoms with Gasteiger partial charge in [0.1, 0.15) is 22.9 Å². The van der Waals surface area contributed by atoms with E-state index in [2.05, 4.69) is 16.4 Å². The Bertz CT molecular complexity index is 1340. The van der Waals surface area contributed by atoms with Crippen LogP contribution in [-0.4, -0.2) is 17.5 Å². The number of amides is 1. The Kier molecular flexibility index (Phi) is 6.41. The van der Waals surface area contributed by atoms with Gasteiger partial charge >= 0.3 is 0 Å². The van der Waals surface area contributed by atoms with Gasteiger partial charge in [-0.05, 0) is 54.1 Å². The maximum absolute atomic E-state index is 12.2. The van der Waals surface area contributed by atoms with Crippen LogP contribution in [0.5, 0.6) is 5.75 Å². The van der Waals surface area contributed by atoms with E-state index in [-0.39, 0.29) is 24.0 Å². The predicted molar refractivity (Wildman–Crippen MR) is 125 cm³/mol. The van der Waals surface area contributed by atoms with Crippen molar-refractivity contribution in [3.63, 3.8) is 0 Å². The largest absolute Gasteiger partial charge is 0.484 e. The van der Waals surface area contributed by atoms with Gasteiger partial charge in [0.2, 0.25) is 5.89 Å². The number of carbonyl (C=O) groups excluding carboxylic acids is 1. The first kappa shape index (κ1) is 21.4. The van der Waals surface area contributed by atoms with Crippen LogP contribution in [0.4, 0.5) is 5.69 Å².